The molecule has 120 valence electrons. The maximum Gasteiger partial charge on any atom is 0.323 e. The molecule has 1 atom stereocenters. The van der Waals surface area contributed by atoms with Crippen LogP contribution in [0, 0.1) is 0 Å². The van der Waals surface area contributed by atoms with Crippen LogP contribution in [-0.2, 0) is 4.74 Å². The summed E-state index contributed by atoms with van der Waals surface area (Å²) < 4.78 is 10.5. The van der Waals surface area contributed by atoms with E-state index in [4.69, 9.17) is 14.6 Å². The lowest BCUT2D eigenvalue weighted by molar-refractivity contribution is 0.170. The standard InChI is InChI=1S/C13H25N5O3/c1-4-7-14-11-16-12(18-13(17-11)21-5-2)15-10(6-8-19)9-20-3/h10,19H,4-9H2,1-3H3,(H2,14,15,16,17,18). The first-order valence-electron chi connectivity index (χ1n) is 7.22. The molecular formula is C13H25N5O3. The summed E-state index contributed by atoms with van der Waals surface area (Å²) in [7, 11) is 1.61. The van der Waals surface area contributed by atoms with E-state index < -0.39 is 0 Å². The van der Waals surface area contributed by atoms with Gasteiger partial charge in [-0.1, -0.05) is 6.92 Å². The minimum absolute atomic E-state index is 0.0609. The summed E-state index contributed by atoms with van der Waals surface area (Å²) in [4.78, 5) is 12.7. The van der Waals surface area contributed by atoms with Gasteiger partial charge >= 0.3 is 6.01 Å². The van der Waals surface area contributed by atoms with E-state index in [9.17, 15) is 0 Å². The quantitative estimate of drug-likeness (QED) is 0.554. The molecule has 3 N–H and O–H groups in total. The first kappa shape index (κ1) is 17.4. The highest BCUT2D eigenvalue weighted by molar-refractivity contribution is 5.36. The maximum absolute atomic E-state index is 9.07. The van der Waals surface area contributed by atoms with E-state index in [1.807, 2.05) is 6.92 Å². The van der Waals surface area contributed by atoms with Crippen molar-refractivity contribution < 1.29 is 14.6 Å². The number of aromatic nitrogens is 3. The van der Waals surface area contributed by atoms with Crippen molar-refractivity contribution in [1.29, 1.82) is 0 Å². The average molecular weight is 299 g/mol. The Kier molecular flexibility index (Phi) is 8.37. The van der Waals surface area contributed by atoms with E-state index in [2.05, 4.69) is 32.5 Å². The van der Waals surface area contributed by atoms with Gasteiger partial charge < -0.3 is 25.2 Å². The van der Waals surface area contributed by atoms with Crippen LogP contribution in [0.25, 0.3) is 0 Å². The van der Waals surface area contributed by atoms with E-state index in [0.717, 1.165) is 13.0 Å². The van der Waals surface area contributed by atoms with E-state index in [1.165, 1.54) is 0 Å². The highest BCUT2D eigenvalue weighted by atomic mass is 16.5. The Morgan fingerprint density at radius 2 is 1.95 bits per heavy atom. The molecule has 0 radical (unpaired) electrons. The van der Waals surface area contributed by atoms with Crippen LogP contribution in [-0.4, -0.2) is 59.6 Å². The van der Waals surface area contributed by atoms with E-state index in [0.29, 0.717) is 31.5 Å². The molecule has 1 heterocycles. The smallest absolute Gasteiger partial charge is 0.323 e. The fourth-order valence-electron chi connectivity index (χ4n) is 1.67. The predicted molar refractivity (Wildman–Crippen MR) is 80.8 cm³/mol. The van der Waals surface area contributed by atoms with Crippen molar-refractivity contribution in [3.63, 3.8) is 0 Å². The SMILES string of the molecule is CCCNc1nc(NC(CCO)COC)nc(OCC)n1. The van der Waals surface area contributed by atoms with Crippen molar-refractivity contribution in [1.82, 2.24) is 15.0 Å². The molecule has 1 aromatic heterocycles. The molecule has 1 aromatic rings. The Morgan fingerprint density at radius 1 is 1.19 bits per heavy atom. The van der Waals surface area contributed by atoms with Crippen LogP contribution in [0.4, 0.5) is 11.9 Å². The molecule has 0 spiro atoms. The van der Waals surface area contributed by atoms with Gasteiger partial charge in [0.1, 0.15) is 0 Å². The number of aliphatic hydroxyl groups excluding tert-OH is 1. The van der Waals surface area contributed by atoms with Crippen LogP contribution in [0.5, 0.6) is 6.01 Å². The minimum Gasteiger partial charge on any atom is -0.464 e. The highest BCUT2D eigenvalue weighted by Gasteiger charge is 2.12. The Bertz CT molecular complexity index is 399. The molecule has 0 saturated carbocycles. The molecule has 21 heavy (non-hydrogen) atoms. The van der Waals surface area contributed by atoms with Crippen LogP contribution in [0.15, 0.2) is 0 Å². The van der Waals surface area contributed by atoms with Crippen LogP contribution in [0.3, 0.4) is 0 Å². The number of ether oxygens (including phenoxy) is 2. The third kappa shape index (κ3) is 6.54. The van der Waals surface area contributed by atoms with Gasteiger partial charge in [0.05, 0.1) is 19.3 Å². The van der Waals surface area contributed by atoms with Crippen molar-refractivity contribution >= 4 is 11.9 Å². The number of aliphatic hydroxyl groups is 1. The molecule has 0 aromatic carbocycles. The molecule has 0 bridgehead atoms. The van der Waals surface area contributed by atoms with E-state index >= 15 is 0 Å². The molecule has 8 nitrogen and oxygen atoms in total. The van der Waals surface area contributed by atoms with Crippen LogP contribution in [0.2, 0.25) is 0 Å². The topological polar surface area (TPSA) is 101 Å². The second-order valence-electron chi connectivity index (χ2n) is 4.43. The van der Waals surface area contributed by atoms with Crippen LogP contribution < -0.4 is 15.4 Å². The van der Waals surface area contributed by atoms with Gasteiger partial charge in [-0.25, -0.2) is 0 Å². The lowest BCUT2D eigenvalue weighted by Gasteiger charge is -2.17. The number of anilines is 2. The fourth-order valence-corrected chi connectivity index (χ4v) is 1.67. The van der Waals surface area contributed by atoms with Crippen molar-refractivity contribution in [2.45, 2.75) is 32.7 Å². The summed E-state index contributed by atoms with van der Waals surface area (Å²) in [6, 6.07) is 0.199. The molecular weight excluding hydrogens is 274 g/mol. The van der Waals surface area contributed by atoms with Gasteiger partial charge in [-0.15, -0.1) is 0 Å². The summed E-state index contributed by atoms with van der Waals surface area (Å²) in [5, 5.41) is 15.3. The Hall–Kier alpha value is -1.67. The molecule has 8 heteroatoms. The zero-order valence-corrected chi connectivity index (χ0v) is 12.9. The predicted octanol–water partition coefficient (Wildman–Crippen LogP) is 0.901. The molecule has 0 aliphatic carbocycles. The summed E-state index contributed by atoms with van der Waals surface area (Å²) in [6.45, 7) is 5.70. The number of methoxy groups -OCH3 is 1. The van der Waals surface area contributed by atoms with Gasteiger partial charge in [-0.3, -0.25) is 0 Å². The molecule has 1 rings (SSSR count). The number of nitrogens with zero attached hydrogens (tertiary/aromatic N) is 3. The van der Waals surface area contributed by atoms with Crippen molar-refractivity contribution in [2.24, 2.45) is 0 Å². The number of hydrogen-bond donors (Lipinski definition) is 3. The van der Waals surface area contributed by atoms with Gasteiger partial charge in [0.2, 0.25) is 11.9 Å². The number of hydrogen-bond acceptors (Lipinski definition) is 8. The van der Waals surface area contributed by atoms with Crippen LogP contribution >= 0.6 is 0 Å². The molecule has 0 aliphatic rings. The summed E-state index contributed by atoms with van der Waals surface area (Å²) in [5.74, 6) is 0.875. The monoisotopic (exact) mass is 299 g/mol. The number of rotatable bonds is 11. The van der Waals surface area contributed by atoms with Gasteiger partial charge in [-0.2, -0.15) is 15.0 Å². The first-order valence-corrected chi connectivity index (χ1v) is 7.22. The van der Waals surface area contributed by atoms with E-state index in [1.54, 1.807) is 7.11 Å². The van der Waals surface area contributed by atoms with Gasteiger partial charge in [0, 0.05) is 20.3 Å². The zero-order valence-electron chi connectivity index (χ0n) is 12.9. The van der Waals surface area contributed by atoms with Crippen molar-refractivity contribution in [3.8, 4) is 6.01 Å². The van der Waals surface area contributed by atoms with Crippen molar-refractivity contribution in [2.75, 3.05) is 44.1 Å². The Balaban J connectivity index is 2.83. The third-order valence-corrected chi connectivity index (χ3v) is 2.60. The molecule has 0 fully saturated rings. The van der Waals surface area contributed by atoms with Crippen LogP contribution in [0.1, 0.15) is 26.7 Å². The van der Waals surface area contributed by atoms with E-state index in [-0.39, 0.29) is 18.7 Å². The lowest BCUT2D eigenvalue weighted by atomic mass is 10.2. The zero-order chi connectivity index (χ0) is 15.5. The second-order valence-corrected chi connectivity index (χ2v) is 4.43. The summed E-state index contributed by atoms with van der Waals surface area (Å²) in [6.07, 6.45) is 1.51. The summed E-state index contributed by atoms with van der Waals surface area (Å²) in [5.41, 5.74) is 0. The number of nitrogens with one attached hydrogen (secondary N) is 2. The molecule has 0 aliphatic heterocycles. The second kappa shape index (κ2) is 10.1. The van der Waals surface area contributed by atoms with Gasteiger partial charge in [0.25, 0.3) is 0 Å². The largest absolute Gasteiger partial charge is 0.464 e. The minimum atomic E-state index is -0.0732. The molecule has 1 unspecified atom stereocenters. The van der Waals surface area contributed by atoms with Gasteiger partial charge in [0.15, 0.2) is 0 Å². The Morgan fingerprint density at radius 3 is 2.57 bits per heavy atom. The Labute approximate surface area is 125 Å². The first-order chi connectivity index (χ1) is 10.2. The van der Waals surface area contributed by atoms with Crippen molar-refractivity contribution in [3.05, 3.63) is 0 Å². The molecule has 0 amide bonds. The average Bonchev–Trinajstić information content (AvgIpc) is 2.46. The maximum atomic E-state index is 9.07. The molecule has 0 saturated heterocycles. The third-order valence-electron chi connectivity index (χ3n) is 2.60. The normalized spacial score (nSPS) is 12.0. The lowest BCUT2D eigenvalue weighted by Crippen LogP contribution is -2.27. The highest BCUT2D eigenvalue weighted by Crippen LogP contribution is 2.13. The van der Waals surface area contributed by atoms with Gasteiger partial charge in [-0.05, 0) is 19.8 Å². The summed E-state index contributed by atoms with van der Waals surface area (Å²) >= 11 is 0. The fraction of sp³-hybridized carbons (Fsp3) is 0.769.